The lowest BCUT2D eigenvalue weighted by Gasteiger charge is -2.03. The minimum atomic E-state index is -0.682. The van der Waals surface area contributed by atoms with Crippen LogP contribution in [0.5, 0.6) is 11.8 Å². The number of amides is 2. The first-order chi connectivity index (χ1) is 12.5. The number of aromatic hydroxyl groups is 2. The van der Waals surface area contributed by atoms with Gasteiger partial charge in [-0.3, -0.25) is 14.2 Å². The summed E-state index contributed by atoms with van der Waals surface area (Å²) >= 11 is 0. The number of hydrogen-bond donors (Lipinski definition) is 2. The molecule has 8 nitrogen and oxygen atoms in total. The summed E-state index contributed by atoms with van der Waals surface area (Å²) in [5.41, 5.74) is 0.162. The van der Waals surface area contributed by atoms with Crippen molar-refractivity contribution in [2.45, 2.75) is 19.4 Å². The summed E-state index contributed by atoms with van der Waals surface area (Å²) in [6.07, 6.45) is 3.07. The molecule has 0 atom stereocenters. The number of furan rings is 1. The Labute approximate surface area is 147 Å². The summed E-state index contributed by atoms with van der Waals surface area (Å²) in [5.74, 6) is -0.957. The average Bonchev–Trinajstić information content (AvgIpc) is 3.33. The van der Waals surface area contributed by atoms with E-state index in [9.17, 15) is 19.8 Å². The summed E-state index contributed by atoms with van der Waals surface area (Å²) in [6.45, 7) is 0.137. The van der Waals surface area contributed by atoms with E-state index in [4.69, 9.17) is 4.42 Å². The second-order valence-electron chi connectivity index (χ2n) is 6.19. The van der Waals surface area contributed by atoms with Gasteiger partial charge in [-0.15, -0.1) is 10.2 Å². The van der Waals surface area contributed by atoms with E-state index in [0.717, 1.165) is 12.8 Å². The van der Waals surface area contributed by atoms with Gasteiger partial charge in [-0.05, 0) is 43.2 Å². The minimum absolute atomic E-state index is 0.106. The number of hydrogen-bond acceptors (Lipinski definition) is 5. The molecular weight excluding hydrogens is 338 g/mol. The molecule has 4 rings (SSSR count). The van der Waals surface area contributed by atoms with E-state index in [-0.39, 0.29) is 35.7 Å². The molecule has 0 spiro atoms. The predicted molar refractivity (Wildman–Crippen MR) is 90.0 cm³/mol. The van der Waals surface area contributed by atoms with Crippen LogP contribution in [0.3, 0.4) is 0 Å². The first-order valence-electron chi connectivity index (χ1n) is 8.11. The second kappa shape index (κ2) is 6.14. The van der Waals surface area contributed by atoms with Crippen molar-refractivity contribution in [3.05, 3.63) is 47.9 Å². The molecule has 1 aliphatic carbocycles. The predicted octanol–water partition coefficient (Wildman–Crippen LogP) is 3.22. The molecule has 2 N–H and O–H groups in total. The number of fused-ring (bicyclic) bond motifs is 1. The van der Waals surface area contributed by atoms with Gasteiger partial charge in [0, 0.05) is 22.3 Å². The van der Waals surface area contributed by atoms with Crippen molar-refractivity contribution >= 4 is 22.6 Å². The molecule has 1 saturated carbocycles. The van der Waals surface area contributed by atoms with Crippen LogP contribution in [-0.4, -0.2) is 26.6 Å². The number of benzene rings is 1. The van der Waals surface area contributed by atoms with Crippen molar-refractivity contribution in [2.24, 2.45) is 16.1 Å². The minimum Gasteiger partial charge on any atom is -0.494 e. The van der Waals surface area contributed by atoms with Crippen LogP contribution in [0.25, 0.3) is 10.8 Å². The van der Waals surface area contributed by atoms with Crippen molar-refractivity contribution in [3.63, 3.8) is 0 Å². The molecule has 0 saturated heterocycles. The molecule has 8 heteroatoms. The fourth-order valence-corrected chi connectivity index (χ4v) is 2.72. The van der Waals surface area contributed by atoms with Crippen molar-refractivity contribution in [1.82, 2.24) is 4.57 Å². The van der Waals surface area contributed by atoms with Gasteiger partial charge < -0.3 is 14.6 Å². The van der Waals surface area contributed by atoms with Crippen LogP contribution in [0.2, 0.25) is 0 Å². The van der Waals surface area contributed by atoms with E-state index in [0.29, 0.717) is 16.5 Å². The number of nitrogens with zero attached hydrogens (tertiary/aromatic N) is 3. The van der Waals surface area contributed by atoms with Gasteiger partial charge in [0.05, 0.1) is 12.8 Å². The van der Waals surface area contributed by atoms with E-state index >= 15 is 0 Å². The summed E-state index contributed by atoms with van der Waals surface area (Å²) in [5, 5.41) is 28.3. The molecule has 0 unspecified atom stereocenters. The van der Waals surface area contributed by atoms with Crippen LogP contribution in [-0.2, 0) is 11.3 Å². The van der Waals surface area contributed by atoms with Gasteiger partial charge in [0.1, 0.15) is 5.76 Å². The molecule has 1 aliphatic rings. The van der Waals surface area contributed by atoms with Crippen LogP contribution in [0.15, 0.2) is 51.2 Å². The summed E-state index contributed by atoms with van der Waals surface area (Å²) in [4.78, 5) is 23.6. The van der Waals surface area contributed by atoms with Gasteiger partial charge in [-0.1, -0.05) is 0 Å². The number of azo groups is 1. The Kier molecular flexibility index (Phi) is 3.80. The van der Waals surface area contributed by atoms with Gasteiger partial charge in [-0.25, -0.2) is 0 Å². The smallest absolute Gasteiger partial charge is 0.295 e. The fourth-order valence-electron chi connectivity index (χ4n) is 2.72. The molecule has 1 aromatic carbocycles. The number of carbonyl (C=O) groups excluding carboxylic acids is 2. The zero-order valence-corrected chi connectivity index (χ0v) is 13.6. The molecule has 3 aromatic rings. The first-order valence-corrected chi connectivity index (χ1v) is 8.11. The number of aromatic nitrogens is 1. The lowest BCUT2D eigenvalue weighted by Crippen LogP contribution is -1.98. The number of rotatable bonds is 4. The van der Waals surface area contributed by atoms with Crippen molar-refractivity contribution < 1.29 is 24.2 Å². The van der Waals surface area contributed by atoms with Gasteiger partial charge in [-0.2, -0.15) is 0 Å². The SMILES string of the molecule is O=C(N=NC(=O)C1CC1)c1ccc2c(O)n(Cc3ccco3)c(O)c2c1. The summed E-state index contributed by atoms with van der Waals surface area (Å²) < 4.78 is 6.50. The molecule has 26 heavy (non-hydrogen) atoms. The van der Waals surface area contributed by atoms with Crippen molar-refractivity contribution in [1.29, 1.82) is 0 Å². The third-order valence-corrected chi connectivity index (χ3v) is 4.32. The zero-order chi connectivity index (χ0) is 18.3. The Morgan fingerprint density at radius 2 is 1.88 bits per heavy atom. The molecule has 132 valence electrons. The van der Waals surface area contributed by atoms with Crippen molar-refractivity contribution in [3.8, 4) is 11.8 Å². The largest absolute Gasteiger partial charge is 0.494 e. The number of carbonyl (C=O) groups is 2. The van der Waals surface area contributed by atoms with Gasteiger partial charge in [0.25, 0.3) is 11.8 Å². The normalized spacial score (nSPS) is 14.3. The van der Waals surface area contributed by atoms with Gasteiger partial charge in [0.15, 0.2) is 0 Å². The summed E-state index contributed by atoms with van der Waals surface area (Å²) in [7, 11) is 0. The fraction of sp³-hybridized carbons (Fsp3) is 0.222. The maximum atomic E-state index is 12.1. The maximum absolute atomic E-state index is 12.1. The molecule has 0 aliphatic heterocycles. The molecule has 2 aromatic heterocycles. The molecule has 0 radical (unpaired) electrons. The topological polar surface area (TPSA) is 117 Å². The Balaban J connectivity index is 1.65. The molecular formula is C18H15N3O5. The average molecular weight is 353 g/mol. The second-order valence-corrected chi connectivity index (χ2v) is 6.19. The van der Waals surface area contributed by atoms with Crippen LogP contribution in [0.4, 0.5) is 0 Å². The molecule has 2 heterocycles. The van der Waals surface area contributed by atoms with E-state index < -0.39 is 5.91 Å². The standard InChI is InChI=1S/C18H15N3O5/c22-15(10-3-4-10)19-20-16(23)11-5-6-13-14(8-11)18(25)21(17(13)24)9-12-2-1-7-26-12/h1-2,5-8,10,24-25H,3-4,9H2. The lowest BCUT2D eigenvalue weighted by molar-refractivity contribution is -0.119. The molecule has 0 bridgehead atoms. The van der Waals surface area contributed by atoms with Crippen LogP contribution >= 0.6 is 0 Å². The van der Waals surface area contributed by atoms with Gasteiger partial charge >= 0.3 is 0 Å². The third kappa shape index (κ3) is 2.85. The quantitative estimate of drug-likeness (QED) is 0.698. The Bertz CT molecular complexity index is 1030. The van der Waals surface area contributed by atoms with Crippen LogP contribution in [0, 0.1) is 5.92 Å². The van der Waals surface area contributed by atoms with Crippen LogP contribution < -0.4 is 0 Å². The highest BCUT2D eigenvalue weighted by molar-refractivity contribution is 6.02. The van der Waals surface area contributed by atoms with E-state index in [1.807, 2.05) is 0 Å². The van der Waals surface area contributed by atoms with Gasteiger partial charge in [0.2, 0.25) is 11.8 Å². The van der Waals surface area contributed by atoms with Crippen molar-refractivity contribution in [2.75, 3.05) is 0 Å². The molecule has 1 fully saturated rings. The highest BCUT2D eigenvalue weighted by atomic mass is 16.3. The monoisotopic (exact) mass is 353 g/mol. The van der Waals surface area contributed by atoms with E-state index in [2.05, 4.69) is 10.2 Å². The first kappa shape index (κ1) is 16.1. The van der Waals surface area contributed by atoms with Crippen LogP contribution in [0.1, 0.15) is 29.0 Å². The Morgan fingerprint density at radius 1 is 1.12 bits per heavy atom. The molecule has 2 amide bonds. The highest BCUT2D eigenvalue weighted by Gasteiger charge is 2.29. The van der Waals surface area contributed by atoms with E-state index in [1.165, 1.54) is 29.0 Å². The zero-order valence-electron chi connectivity index (χ0n) is 13.6. The third-order valence-electron chi connectivity index (χ3n) is 4.32. The maximum Gasteiger partial charge on any atom is 0.295 e. The lowest BCUT2D eigenvalue weighted by atomic mass is 10.1. The van der Waals surface area contributed by atoms with E-state index in [1.54, 1.807) is 12.1 Å². The highest BCUT2D eigenvalue weighted by Crippen LogP contribution is 2.37. The Morgan fingerprint density at radius 3 is 2.58 bits per heavy atom. The Hall–Kier alpha value is -3.42. The summed E-state index contributed by atoms with van der Waals surface area (Å²) in [6, 6.07) is 7.80.